The minimum atomic E-state index is -0.573. The van der Waals surface area contributed by atoms with Crippen LogP contribution in [0.1, 0.15) is 54.9 Å². The van der Waals surface area contributed by atoms with Gasteiger partial charge in [0.1, 0.15) is 11.8 Å². The number of hydrogen-bond acceptors (Lipinski definition) is 3. The smallest absolute Gasteiger partial charge is 0.261 e. The van der Waals surface area contributed by atoms with Gasteiger partial charge in [0.15, 0.2) is 6.61 Å². The maximum absolute atomic E-state index is 13.2. The first kappa shape index (κ1) is 22.9. The summed E-state index contributed by atoms with van der Waals surface area (Å²) >= 11 is 0. The van der Waals surface area contributed by atoms with E-state index in [4.69, 9.17) is 4.74 Å². The van der Waals surface area contributed by atoms with Crippen LogP contribution in [0.25, 0.3) is 0 Å². The van der Waals surface area contributed by atoms with Gasteiger partial charge in [0, 0.05) is 12.6 Å². The van der Waals surface area contributed by atoms with E-state index >= 15 is 0 Å². The number of ether oxygens (including phenoxy) is 1. The van der Waals surface area contributed by atoms with Crippen molar-refractivity contribution in [3.8, 4) is 5.75 Å². The summed E-state index contributed by atoms with van der Waals surface area (Å²) in [6.07, 6.45) is 4.32. The quantitative estimate of drug-likeness (QED) is 0.683. The highest BCUT2D eigenvalue weighted by Crippen LogP contribution is 2.19. The maximum atomic E-state index is 13.2. The standard InChI is InChI=1S/C26H34N2O3/c1-18-8-7-9-22(13-18)16-28(21(4)26(30)27-23-10-5-6-11-23)25(29)17-31-24-14-19(2)12-20(3)15-24/h7-9,12-15,21,23H,5-6,10-11,16-17H2,1-4H3,(H,27,30). The first-order valence-corrected chi connectivity index (χ1v) is 11.2. The third kappa shape index (κ3) is 6.58. The predicted molar refractivity (Wildman–Crippen MR) is 123 cm³/mol. The van der Waals surface area contributed by atoms with Crippen LogP contribution in [0.2, 0.25) is 0 Å². The molecule has 1 fully saturated rings. The first-order chi connectivity index (χ1) is 14.8. The minimum absolute atomic E-state index is 0.0979. The van der Waals surface area contributed by atoms with E-state index in [2.05, 4.69) is 11.4 Å². The fourth-order valence-electron chi connectivity index (χ4n) is 4.23. The number of carbonyl (C=O) groups is 2. The lowest BCUT2D eigenvalue weighted by Gasteiger charge is -2.29. The summed E-state index contributed by atoms with van der Waals surface area (Å²) in [7, 11) is 0. The van der Waals surface area contributed by atoms with Crippen LogP contribution in [-0.2, 0) is 16.1 Å². The van der Waals surface area contributed by atoms with Crippen molar-refractivity contribution in [1.29, 1.82) is 0 Å². The number of benzene rings is 2. The van der Waals surface area contributed by atoms with Crippen LogP contribution in [-0.4, -0.2) is 35.4 Å². The second-order valence-corrected chi connectivity index (χ2v) is 8.79. The van der Waals surface area contributed by atoms with Crippen LogP contribution < -0.4 is 10.1 Å². The van der Waals surface area contributed by atoms with Gasteiger partial charge in [0.25, 0.3) is 5.91 Å². The van der Waals surface area contributed by atoms with E-state index < -0.39 is 6.04 Å². The SMILES string of the molecule is Cc1cccc(CN(C(=O)COc2cc(C)cc(C)c2)C(C)C(=O)NC2CCCC2)c1. The Morgan fingerprint density at radius 1 is 1.03 bits per heavy atom. The van der Waals surface area contributed by atoms with Gasteiger partial charge in [-0.1, -0.05) is 48.7 Å². The van der Waals surface area contributed by atoms with Crippen molar-refractivity contribution in [2.45, 2.75) is 72.0 Å². The molecule has 0 saturated heterocycles. The molecule has 0 radical (unpaired) electrons. The van der Waals surface area contributed by atoms with Crippen LogP contribution in [0.5, 0.6) is 5.75 Å². The molecule has 0 aromatic heterocycles. The number of nitrogens with one attached hydrogen (secondary N) is 1. The monoisotopic (exact) mass is 422 g/mol. The first-order valence-electron chi connectivity index (χ1n) is 11.2. The van der Waals surface area contributed by atoms with E-state index in [1.54, 1.807) is 11.8 Å². The summed E-state index contributed by atoms with van der Waals surface area (Å²) in [4.78, 5) is 27.7. The molecule has 5 heteroatoms. The summed E-state index contributed by atoms with van der Waals surface area (Å²) in [5.74, 6) is 0.374. The Labute approximate surface area is 185 Å². The summed E-state index contributed by atoms with van der Waals surface area (Å²) in [5.41, 5.74) is 4.30. The van der Waals surface area contributed by atoms with Gasteiger partial charge in [-0.2, -0.15) is 0 Å². The highest BCUT2D eigenvalue weighted by atomic mass is 16.5. The molecule has 3 rings (SSSR count). The molecule has 1 N–H and O–H groups in total. The van der Waals surface area contributed by atoms with Crippen molar-refractivity contribution in [2.75, 3.05) is 6.61 Å². The number of carbonyl (C=O) groups excluding carboxylic acids is 2. The van der Waals surface area contributed by atoms with Gasteiger partial charge in [0.2, 0.25) is 5.91 Å². The Kier molecular flexibility index (Phi) is 7.72. The van der Waals surface area contributed by atoms with Gasteiger partial charge < -0.3 is 15.0 Å². The van der Waals surface area contributed by atoms with Crippen molar-refractivity contribution < 1.29 is 14.3 Å². The normalized spacial score (nSPS) is 14.8. The van der Waals surface area contributed by atoms with Crippen molar-refractivity contribution in [3.05, 3.63) is 64.7 Å². The van der Waals surface area contributed by atoms with Gasteiger partial charge in [-0.3, -0.25) is 9.59 Å². The molecule has 2 amide bonds. The largest absolute Gasteiger partial charge is 0.484 e. The summed E-state index contributed by atoms with van der Waals surface area (Å²) in [5, 5.41) is 3.13. The Hall–Kier alpha value is -2.82. The minimum Gasteiger partial charge on any atom is -0.484 e. The zero-order valence-corrected chi connectivity index (χ0v) is 19.1. The molecule has 2 aromatic carbocycles. The number of aryl methyl sites for hydroxylation is 3. The zero-order valence-electron chi connectivity index (χ0n) is 19.1. The van der Waals surface area contributed by atoms with Crippen molar-refractivity contribution >= 4 is 11.8 Å². The topological polar surface area (TPSA) is 58.6 Å². The molecule has 5 nitrogen and oxygen atoms in total. The molecule has 1 unspecified atom stereocenters. The molecule has 0 heterocycles. The third-order valence-corrected chi connectivity index (χ3v) is 5.86. The lowest BCUT2D eigenvalue weighted by molar-refractivity contribution is -0.142. The zero-order chi connectivity index (χ0) is 22.4. The molecule has 0 spiro atoms. The Morgan fingerprint density at radius 3 is 2.35 bits per heavy atom. The van der Waals surface area contributed by atoms with E-state index in [0.717, 1.165) is 47.9 Å². The van der Waals surface area contributed by atoms with Gasteiger partial charge in [-0.05, 0) is 69.4 Å². The molecular formula is C26H34N2O3. The Morgan fingerprint density at radius 2 is 1.71 bits per heavy atom. The Balaban J connectivity index is 1.73. The average Bonchev–Trinajstić information content (AvgIpc) is 3.22. The molecule has 1 saturated carbocycles. The molecule has 166 valence electrons. The van der Waals surface area contributed by atoms with Gasteiger partial charge in [0.05, 0.1) is 0 Å². The molecule has 1 atom stereocenters. The van der Waals surface area contributed by atoms with E-state index in [1.165, 1.54) is 0 Å². The van der Waals surface area contributed by atoms with Crippen LogP contribution in [0.3, 0.4) is 0 Å². The molecular weight excluding hydrogens is 388 g/mol. The van der Waals surface area contributed by atoms with E-state index in [0.29, 0.717) is 12.3 Å². The summed E-state index contributed by atoms with van der Waals surface area (Å²) in [6.45, 7) is 8.10. The van der Waals surface area contributed by atoms with Crippen LogP contribution in [0.4, 0.5) is 0 Å². The molecule has 1 aliphatic carbocycles. The second kappa shape index (κ2) is 10.5. The predicted octanol–water partition coefficient (Wildman–Crippen LogP) is 4.47. The lowest BCUT2D eigenvalue weighted by atomic mass is 10.1. The summed E-state index contributed by atoms with van der Waals surface area (Å²) < 4.78 is 5.81. The van der Waals surface area contributed by atoms with Crippen molar-refractivity contribution in [2.24, 2.45) is 0 Å². The van der Waals surface area contributed by atoms with Crippen LogP contribution >= 0.6 is 0 Å². The molecule has 2 aromatic rings. The summed E-state index contributed by atoms with van der Waals surface area (Å²) in [6, 6.07) is 13.6. The number of rotatable bonds is 8. The second-order valence-electron chi connectivity index (χ2n) is 8.79. The maximum Gasteiger partial charge on any atom is 0.261 e. The van der Waals surface area contributed by atoms with E-state index in [-0.39, 0.29) is 24.5 Å². The van der Waals surface area contributed by atoms with Crippen molar-refractivity contribution in [1.82, 2.24) is 10.2 Å². The van der Waals surface area contributed by atoms with Crippen molar-refractivity contribution in [3.63, 3.8) is 0 Å². The van der Waals surface area contributed by atoms with Gasteiger partial charge in [-0.25, -0.2) is 0 Å². The highest BCUT2D eigenvalue weighted by Gasteiger charge is 2.28. The fraction of sp³-hybridized carbons (Fsp3) is 0.462. The average molecular weight is 423 g/mol. The number of amides is 2. The number of hydrogen-bond donors (Lipinski definition) is 1. The molecule has 0 bridgehead atoms. The van der Waals surface area contributed by atoms with Crippen LogP contribution in [0, 0.1) is 20.8 Å². The third-order valence-electron chi connectivity index (χ3n) is 5.86. The Bertz CT molecular complexity index is 898. The highest BCUT2D eigenvalue weighted by molar-refractivity contribution is 5.88. The fourth-order valence-corrected chi connectivity index (χ4v) is 4.23. The van der Waals surface area contributed by atoms with E-state index in [1.807, 2.05) is 57.2 Å². The van der Waals surface area contributed by atoms with E-state index in [9.17, 15) is 9.59 Å². The molecule has 0 aliphatic heterocycles. The molecule has 1 aliphatic rings. The number of nitrogens with zero attached hydrogens (tertiary/aromatic N) is 1. The van der Waals surface area contributed by atoms with Gasteiger partial charge >= 0.3 is 0 Å². The van der Waals surface area contributed by atoms with Gasteiger partial charge in [-0.15, -0.1) is 0 Å². The lowest BCUT2D eigenvalue weighted by Crippen LogP contribution is -2.50. The van der Waals surface area contributed by atoms with Crippen LogP contribution in [0.15, 0.2) is 42.5 Å². The molecule has 31 heavy (non-hydrogen) atoms.